The lowest BCUT2D eigenvalue weighted by atomic mass is 10.1. The van der Waals surface area contributed by atoms with Gasteiger partial charge in [-0.2, -0.15) is 5.10 Å². The fourth-order valence-electron chi connectivity index (χ4n) is 2.56. The van der Waals surface area contributed by atoms with E-state index in [2.05, 4.69) is 32.8 Å². The summed E-state index contributed by atoms with van der Waals surface area (Å²) in [7, 11) is 0. The molecule has 0 N–H and O–H groups in total. The third-order valence-corrected chi connectivity index (χ3v) is 3.51. The molecule has 1 aromatic rings. The Labute approximate surface area is 145 Å². The van der Waals surface area contributed by atoms with Crippen molar-refractivity contribution in [1.82, 2.24) is 14.7 Å². The number of hydrogen-bond donors (Lipinski definition) is 0. The Bertz CT molecular complexity index is 540. The normalized spacial score (nSPS) is 11.2. The van der Waals surface area contributed by atoms with Gasteiger partial charge in [-0.25, -0.2) is 0 Å². The van der Waals surface area contributed by atoms with Crippen molar-refractivity contribution in [3.05, 3.63) is 17.5 Å². The van der Waals surface area contributed by atoms with Gasteiger partial charge in [-0.05, 0) is 31.7 Å². The van der Waals surface area contributed by atoms with E-state index in [-0.39, 0.29) is 24.9 Å². The first-order chi connectivity index (χ1) is 11.2. The van der Waals surface area contributed by atoms with Crippen LogP contribution in [0.15, 0.2) is 6.07 Å². The van der Waals surface area contributed by atoms with Gasteiger partial charge in [-0.3, -0.25) is 14.3 Å². The second-order valence-electron chi connectivity index (χ2n) is 7.15. The second-order valence-corrected chi connectivity index (χ2v) is 7.15. The van der Waals surface area contributed by atoms with Gasteiger partial charge in [0.15, 0.2) is 6.61 Å². The highest BCUT2D eigenvalue weighted by Gasteiger charge is 2.18. The molecular formula is C18H31N3O3. The molecule has 0 aliphatic heterocycles. The molecule has 0 radical (unpaired) electrons. The van der Waals surface area contributed by atoms with E-state index in [1.807, 2.05) is 19.9 Å². The minimum atomic E-state index is -0.370. The van der Waals surface area contributed by atoms with Crippen LogP contribution < -0.4 is 0 Å². The van der Waals surface area contributed by atoms with Gasteiger partial charge in [0.05, 0.1) is 18.7 Å². The van der Waals surface area contributed by atoms with Crippen LogP contribution in [0.25, 0.3) is 0 Å². The highest BCUT2D eigenvalue weighted by atomic mass is 16.5. The maximum absolute atomic E-state index is 12.3. The van der Waals surface area contributed by atoms with Crippen molar-refractivity contribution >= 4 is 11.9 Å². The number of hydrogen-bond acceptors (Lipinski definition) is 4. The first-order valence-corrected chi connectivity index (χ1v) is 8.63. The minimum Gasteiger partial charge on any atom is -0.456 e. The lowest BCUT2D eigenvalue weighted by Gasteiger charge is -2.26. The van der Waals surface area contributed by atoms with Crippen LogP contribution >= 0.6 is 0 Å². The summed E-state index contributed by atoms with van der Waals surface area (Å²) in [6, 6.07) is 1.96. The standard InChI is InChI=1S/C18H31N3O3/c1-13(2)10-20(11-14(3)4)17(22)12-24-18(23)7-8-21-16(6)9-15(5)19-21/h9,13-14H,7-8,10-12H2,1-6H3. The van der Waals surface area contributed by atoms with E-state index in [4.69, 9.17) is 4.74 Å². The molecule has 0 aliphatic carbocycles. The summed E-state index contributed by atoms with van der Waals surface area (Å²) in [5.74, 6) is 0.269. The lowest BCUT2D eigenvalue weighted by Crippen LogP contribution is -2.39. The summed E-state index contributed by atoms with van der Waals surface area (Å²) >= 11 is 0. The van der Waals surface area contributed by atoms with E-state index >= 15 is 0 Å². The highest BCUT2D eigenvalue weighted by Crippen LogP contribution is 2.06. The van der Waals surface area contributed by atoms with E-state index in [0.29, 0.717) is 31.5 Å². The Balaban J connectivity index is 2.43. The predicted molar refractivity (Wildman–Crippen MR) is 93.5 cm³/mol. The van der Waals surface area contributed by atoms with Gasteiger partial charge in [-0.1, -0.05) is 27.7 Å². The van der Waals surface area contributed by atoms with Crippen molar-refractivity contribution in [3.63, 3.8) is 0 Å². The number of nitrogens with zero attached hydrogens (tertiary/aromatic N) is 3. The molecule has 0 fully saturated rings. The zero-order valence-electron chi connectivity index (χ0n) is 15.8. The molecule has 24 heavy (non-hydrogen) atoms. The van der Waals surface area contributed by atoms with Crippen LogP contribution in [0.2, 0.25) is 0 Å². The number of carbonyl (C=O) groups excluding carboxylic acids is 2. The van der Waals surface area contributed by atoms with E-state index in [1.54, 1.807) is 9.58 Å². The van der Waals surface area contributed by atoms with Crippen LogP contribution in [0.5, 0.6) is 0 Å². The number of carbonyl (C=O) groups is 2. The summed E-state index contributed by atoms with van der Waals surface area (Å²) in [4.78, 5) is 25.9. The molecule has 136 valence electrons. The summed E-state index contributed by atoms with van der Waals surface area (Å²) in [5, 5.41) is 4.30. The number of rotatable bonds is 9. The summed E-state index contributed by atoms with van der Waals surface area (Å²) < 4.78 is 6.93. The minimum absolute atomic E-state index is 0.128. The molecule has 0 unspecified atom stereocenters. The number of esters is 1. The molecule has 0 saturated heterocycles. The smallest absolute Gasteiger partial charge is 0.308 e. The molecule has 1 amide bonds. The molecule has 6 nitrogen and oxygen atoms in total. The topological polar surface area (TPSA) is 64.4 Å². The molecule has 0 saturated carbocycles. The maximum atomic E-state index is 12.3. The summed E-state index contributed by atoms with van der Waals surface area (Å²) in [5.41, 5.74) is 1.94. The van der Waals surface area contributed by atoms with Crippen molar-refractivity contribution in [2.24, 2.45) is 11.8 Å². The largest absolute Gasteiger partial charge is 0.456 e. The van der Waals surface area contributed by atoms with Crippen LogP contribution in [-0.4, -0.2) is 46.3 Å². The summed E-state index contributed by atoms with van der Waals surface area (Å²) in [6.07, 6.45) is 0.212. The van der Waals surface area contributed by atoms with Crippen LogP contribution in [0.4, 0.5) is 0 Å². The molecule has 0 atom stereocenters. The van der Waals surface area contributed by atoms with Gasteiger partial charge < -0.3 is 9.64 Å². The van der Waals surface area contributed by atoms with Gasteiger partial charge in [0, 0.05) is 18.8 Å². The van der Waals surface area contributed by atoms with Gasteiger partial charge in [0.1, 0.15) is 0 Å². The number of ether oxygens (including phenoxy) is 1. The second kappa shape index (κ2) is 9.45. The van der Waals surface area contributed by atoms with Crippen molar-refractivity contribution in [1.29, 1.82) is 0 Å². The third kappa shape index (κ3) is 7.15. The number of amides is 1. The first-order valence-electron chi connectivity index (χ1n) is 8.63. The molecule has 0 aromatic carbocycles. The van der Waals surface area contributed by atoms with E-state index in [1.165, 1.54) is 0 Å². The van der Waals surface area contributed by atoms with Gasteiger partial charge in [0.25, 0.3) is 5.91 Å². The molecule has 1 rings (SSSR count). The SMILES string of the molecule is Cc1cc(C)n(CCC(=O)OCC(=O)N(CC(C)C)CC(C)C)n1. The number of aryl methyl sites for hydroxylation is 3. The molecule has 1 aromatic heterocycles. The van der Waals surface area contributed by atoms with Crippen molar-refractivity contribution in [2.45, 2.75) is 54.5 Å². The van der Waals surface area contributed by atoms with Crippen LogP contribution in [0, 0.1) is 25.7 Å². The predicted octanol–water partition coefficient (Wildman–Crippen LogP) is 2.57. The fraction of sp³-hybridized carbons (Fsp3) is 0.722. The Morgan fingerprint density at radius 3 is 2.21 bits per heavy atom. The average Bonchev–Trinajstić information content (AvgIpc) is 2.78. The Kier molecular flexibility index (Phi) is 7.95. The Hall–Kier alpha value is -1.85. The lowest BCUT2D eigenvalue weighted by molar-refractivity contribution is -0.152. The van der Waals surface area contributed by atoms with E-state index in [0.717, 1.165) is 11.4 Å². The Morgan fingerprint density at radius 2 is 1.75 bits per heavy atom. The molecule has 1 heterocycles. The highest BCUT2D eigenvalue weighted by molar-refractivity contribution is 5.80. The van der Waals surface area contributed by atoms with Crippen molar-refractivity contribution in [3.8, 4) is 0 Å². The van der Waals surface area contributed by atoms with Crippen LogP contribution in [0.1, 0.15) is 45.5 Å². The first kappa shape index (κ1) is 20.2. The zero-order valence-corrected chi connectivity index (χ0v) is 15.8. The van der Waals surface area contributed by atoms with E-state index < -0.39 is 0 Å². The number of aromatic nitrogens is 2. The monoisotopic (exact) mass is 337 g/mol. The van der Waals surface area contributed by atoms with Crippen LogP contribution in [0.3, 0.4) is 0 Å². The van der Waals surface area contributed by atoms with Crippen molar-refractivity contribution < 1.29 is 14.3 Å². The third-order valence-electron chi connectivity index (χ3n) is 3.51. The molecule has 0 aliphatic rings. The molecular weight excluding hydrogens is 306 g/mol. The van der Waals surface area contributed by atoms with Crippen LogP contribution in [-0.2, 0) is 20.9 Å². The van der Waals surface area contributed by atoms with E-state index in [9.17, 15) is 9.59 Å². The average molecular weight is 337 g/mol. The molecule has 0 bridgehead atoms. The van der Waals surface area contributed by atoms with Gasteiger partial charge >= 0.3 is 5.97 Å². The van der Waals surface area contributed by atoms with Gasteiger partial charge in [0.2, 0.25) is 0 Å². The zero-order chi connectivity index (χ0) is 18.3. The quantitative estimate of drug-likeness (QED) is 0.650. The Morgan fingerprint density at radius 1 is 1.17 bits per heavy atom. The molecule has 0 spiro atoms. The molecule has 6 heteroatoms. The maximum Gasteiger partial charge on any atom is 0.308 e. The van der Waals surface area contributed by atoms with Crippen molar-refractivity contribution in [2.75, 3.05) is 19.7 Å². The fourth-order valence-corrected chi connectivity index (χ4v) is 2.56. The summed E-state index contributed by atoms with van der Waals surface area (Å²) in [6.45, 7) is 13.8. The van der Waals surface area contributed by atoms with Gasteiger partial charge in [-0.15, -0.1) is 0 Å².